The monoisotopic (exact) mass is 268 g/mol. The molecule has 0 amide bonds. The van der Waals surface area contributed by atoms with Crippen molar-refractivity contribution in [2.24, 2.45) is 0 Å². The number of aryl methyl sites for hydroxylation is 1. The minimum absolute atomic E-state index is 0.000969. The summed E-state index contributed by atoms with van der Waals surface area (Å²) < 4.78 is 11.5. The molecular formula is C17H16O3. The molecule has 0 spiro atoms. The first-order chi connectivity index (χ1) is 9.54. The Morgan fingerprint density at radius 3 is 2.55 bits per heavy atom. The average Bonchev–Trinajstić information content (AvgIpc) is 2.39. The van der Waals surface area contributed by atoms with E-state index in [4.69, 9.17) is 9.15 Å². The third-order valence-corrected chi connectivity index (χ3v) is 3.17. The second kappa shape index (κ2) is 4.67. The van der Waals surface area contributed by atoms with Gasteiger partial charge in [-0.05, 0) is 45.0 Å². The van der Waals surface area contributed by atoms with Crippen LogP contribution in [0, 0.1) is 6.92 Å². The van der Waals surface area contributed by atoms with Gasteiger partial charge >= 0.3 is 0 Å². The van der Waals surface area contributed by atoms with E-state index in [0.717, 1.165) is 5.56 Å². The highest BCUT2D eigenvalue weighted by atomic mass is 16.5. The van der Waals surface area contributed by atoms with Gasteiger partial charge in [0.15, 0.2) is 0 Å². The summed E-state index contributed by atoms with van der Waals surface area (Å²) in [5, 5.41) is 1.20. The molecule has 0 N–H and O–H groups in total. The molecule has 3 aromatic rings. The van der Waals surface area contributed by atoms with Crippen LogP contribution in [0.5, 0.6) is 5.75 Å². The van der Waals surface area contributed by atoms with Gasteiger partial charge in [-0.3, -0.25) is 4.79 Å². The minimum Gasteiger partial charge on any atom is -0.491 e. The van der Waals surface area contributed by atoms with Crippen LogP contribution in [-0.2, 0) is 0 Å². The fraction of sp³-hybridized carbons (Fsp3) is 0.235. The lowest BCUT2D eigenvalue weighted by Crippen LogP contribution is -2.06. The molecule has 0 aliphatic rings. The smallest absolute Gasteiger partial charge is 0.200 e. The average molecular weight is 268 g/mol. The van der Waals surface area contributed by atoms with Crippen molar-refractivity contribution >= 4 is 21.9 Å². The van der Waals surface area contributed by atoms with E-state index in [-0.39, 0.29) is 11.5 Å². The van der Waals surface area contributed by atoms with Crippen LogP contribution in [0.3, 0.4) is 0 Å². The Bertz CT molecular complexity index is 844. The predicted molar refractivity (Wildman–Crippen MR) is 80.5 cm³/mol. The van der Waals surface area contributed by atoms with Gasteiger partial charge in [-0.15, -0.1) is 0 Å². The van der Waals surface area contributed by atoms with Crippen molar-refractivity contribution in [3.05, 3.63) is 52.2 Å². The number of hydrogen-bond acceptors (Lipinski definition) is 3. The first-order valence-corrected chi connectivity index (χ1v) is 6.68. The lowest BCUT2D eigenvalue weighted by atomic mass is 10.1. The van der Waals surface area contributed by atoms with Crippen LogP contribution >= 0.6 is 0 Å². The Hall–Kier alpha value is -2.29. The van der Waals surface area contributed by atoms with E-state index in [1.165, 1.54) is 0 Å². The number of benzene rings is 2. The minimum atomic E-state index is 0.000969. The molecule has 3 nitrogen and oxygen atoms in total. The summed E-state index contributed by atoms with van der Waals surface area (Å²) in [4.78, 5) is 12.5. The summed E-state index contributed by atoms with van der Waals surface area (Å²) in [6.07, 6.45) is 0.0854. The fourth-order valence-corrected chi connectivity index (χ4v) is 2.29. The highest BCUT2D eigenvalue weighted by Crippen LogP contribution is 2.24. The Morgan fingerprint density at radius 1 is 1.00 bits per heavy atom. The lowest BCUT2D eigenvalue weighted by molar-refractivity contribution is 0.242. The third kappa shape index (κ3) is 2.16. The molecule has 0 radical (unpaired) electrons. The van der Waals surface area contributed by atoms with Gasteiger partial charge in [-0.2, -0.15) is 0 Å². The van der Waals surface area contributed by atoms with Gasteiger partial charge in [-0.1, -0.05) is 11.6 Å². The molecule has 0 saturated carbocycles. The van der Waals surface area contributed by atoms with Crippen LogP contribution in [-0.4, -0.2) is 6.10 Å². The molecular weight excluding hydrogens is 252 g/mol. The van der Waals surface area contributed by atoms with Crippen molar-refractivity contribution < 1.29 is 9.15 Å². The molecule has 0 aliphatic carbocycles. The molecule has 3 heteroatoms. The van der Waals surface area contributed by atoms with Crippen LogP contribution < -0.4 is 10.2 Å². The van der Waals surface area contributed by atoms with Crippen LogP contribution in [0.2, 0.25) is 0 Å². The fourth-order valence-electron chi connectivity index (χ4n) is 2.29. The van der Waals surface area contributed by atoms with Gasteiger partial charge in [0.25, 0.3) is 0 Å². The van der Waals surface area contributed by atoms with Gasteiger partial charge in [0, 0.05) is 6.07 Å². The zero-order valence-corrected chi connectivity index (χ0v) is 11.8. The molecule has 0 saturated heterocycles. The summed E-state index contributed by atoms with van der Waals surface area (Å²) in [7, 11) is 0. The molecule has 2 aromatic carbocycles. The molecule has 102 valence electrons. The molecule has 20 heavy (non-hydrogen) atoms. The maximum absolute atomic E-state index is 12.5. The first kappa shape index (κ1) is 12.7. The molecule has 1 heterocycles. The Balaban J connectivity index is 2.29. The number of hydrogen-bond donors (Lipinski definition) is 0. The highest BCUT2D eigenvalue weighted by Gasteiger charge is 2.09. The van der Waals surface area contributed by atoms with E-state index in [0.29, 0.717) is 27.7 Å². The summed E-state index contributed by atoms with van der Waals surface area (Å²) in [5.41, 5.74) is 2.21. The number of ether oxygens (including phenoxy) is 1. The Labute approximate surface area is 116 Å². The molecule has 1 aromatic heterocycles. The molecule has 3 rings (SSSR count). The van der Waals surface area contributed by atoms with E-state index in [1.54, 1.807) is 18.2 Å². The largest absolute Gasteiger partial charge is 0.491 e. The second-order valence-electron chi connectivity index (χ2n) is 5.26. The Morgan fingerprint density at radius 2 is 1.80 bits per heavy atom. The summed E-state index contributed by atoms with van der Waals surface area (Å²) in [5.74, 6) is 0.710. The maximum atomic E-state index is 12.5. The predicted octanol–water partition coefficient (Wildman–Crippen LogP) is 4.04. The molecule has 0 atom stereocenters. The molecule has 0 unspecified atom stereocenters. The van der Waals surface area contributed by atoms with Gasteiger partial charge in [0.05, 0.1) is 16.9 Å². The van der Waals surface area contributed by atoms with E-state index in [1.807, 2.05) is 39.0 Å². The topological polar surface area (TPSA) is 39.4 Å². The van der Waals surface area contributed by atoms with Crippen molar-refractivity contribution in [1.82, 2.24) is 0 Å². The number of rotatable bonds is 2. The van der Waals surface area contributed by atoms with Gasteiger partial charge < -0.3 is 9.15 Å². The zero-order chi connectivity index (χ0) is 14.3. The standard InChI is InChI=1S/C17H16O3/c1-10(2)19-12-5-6-13-16(9-12)20-15-7-4-11(3)8-14(15)17(13)18/h4-10H,1-3H3. The van der Waals surface area contributed by atoms with Gasteiger partial charge in [0.1, 0.15) is 16.9 Å². The van der Waals surface area contributed by atoms with E-state index >= 15 is 0 Å². The number of fused-ring (bicyclic) bond motifs is 2. The lowest BCUT2D eigenvalue weighted by Gasteiger charge is -2.10. The van der Waals surface area contributed by atoms with Crippen molar-refractivity contribution in [3.63, 3.8) is 0 Å². The van der Waals surface area contributed by atoms with E-state index < -0.39 is 0 Å². The second-order valence-corrected chi connectivity index (χ2v) is 5.26. The quantitative estimate of drug-likeness (QED) is 0.658. The van der Waals surface area contributed by atoms with Crippen LogP contribution in [0.1, 0.15) is 19.4 Å². The van der Waals surface area contributed by atoms with Crippen molar-refractivity contribution in [1.29, 1.82) is 0 Å². The van der Waals surface area contributed by atoms with Crippen LogP contribution in [0.15, 0.2) is 45.6 Å². The molecule has 0 bridgehead atoms. The molecule has 0 aliphatic heterocycles. The van der Waals surface area contributed by atoms with Gasteiger partial charge in [-0.25, -0.2) is 0 Å². The summed E-state index contributed by atoms with van der Waals surface area (Å²) in [6.45, 7) is 5.88. The van der Waals surface area contributed by atoms with Crippen molar-refractivity contribution in [2.75, 3.05) is 0 Å². The van der Waals surface area contributed by atoms with E-state index in [2.05, 4.69) is 0 Å². The molecule has 0 fully saturated rings. The van der Waals surface area contributed by atoms with Crippen molar-refractivity contribution in [2.45, 2.75) is 26.9 Å². The summed E-state index contributed by atoms with van der Waals surface area (Å²) >= 11 is 0. The van der Waals surface area contributed by atoms with Crippen molar-refractivity contribution in [3.8, 4) is 5.75 Å². The summed E-state index contributed by atoms with van der Waals surface area (Å²) in [6, 6.07) is 11.0. The normalized spacial score (nSPS) is 11.4. The zero-order valence-electron chi connectivity index (χ0n) is 11.8. The first-order valence-electron chi connectivity index (χ1n) is 6.68. The highest BCUT2D eigenvalue weighted by molar-refractivity contribution is 5.90. The van der Waals surface area contributed by atoms with Crippen LogP contribution in [0.4, 0.5) is 0 Å². The SMILES string of the molecule is Cc1ccc2oc3cc(OC(C)C)ccc3c(=O)c2c1. The van der Waals surface area contributed by atoms with E-state index in [9.17, 15) is 4.79 Å². The third-order valence-electron chi connectivity index (χ3n) is 3.17. The van der Waals surface area contributed by atoms with Gasteiger partial charge in [0.2, 0.25) is 5.43 Å². The maximum Gasteiger partial charge on any atom is 0.200 e. The Kier molecular flexibility index (Phi) is 2.97. The van der Waals surface area contributed by atoms with Crippen LogP contribution in [0.25, 0.3) is 21.9 Å².